The van der Waals surface area contributed by atoms with Crippen LogP contribution in [0.15, 0.2) is 18.2 Å². The van der Waals surface area contributed by atoms with E-state index < -0.39 is 0 Å². The number of hydrogen-bond acceptors (Lipinski definition) is 2. The van der Waals surface area contributed by atoms with Gasteiger partial charge in [-0.1, -0.05) is 17.7 Å². The molecule has 0 unspecified atom stereocenters. The summed E-state index contributed by atoms with van der Waals surface area (Å²) >= 11 is 5.98. The van der Waals surface area contributed by atoms with Crippen molar-refractivity contribution in [2.24, 2.45) is 5.73 Å². The Morgan fingerprint density at radius 3 is 2.59 bits per heavy atom. The van der Waals surface area contributed by atoms with Crippen LogP contribution in [0.5, 0.6) is 0 Å². The molecule has 0 amide bonds. The molecule has 94 valence electrons. The minimum Gasteiger partial charge on any atom is -0.325 e. The minimum absolute atomic E-state index is 0.0366. The van der Waals surface area contributed by atoms with E-state index in [2.05, 4.69) is 24.9 Å². The van der Waals surface area contributed by atoms with Crippen LogP contribution >= 0.6 is 11.6 Å². The summed E-state index contributed by atoms with van der Waals surface area (Å²) in [7, 11) is 2.16. The molecule has 0 saturated carbocycles. The van der Waals surface area contributed by atoms with Crippen molar-refractivity contribution in [3.8, 4) is 0 Å². The summed E-state index contributed by atoms with van der Waals surface area (Å²) in [5, 5.41) is 0.806. The molecule has 1 aliphatic heterocycles. The maximum absolute atomic E-state index is 6.50. The fraction of sp³-hybridized carbons (Fsp3) is 0.571. The highest BCUT2D eigenvalue weighted by atomic mass is 35.5. The van der Waals surface area contributed by atoms with E-state index in [1.807, 2.05) is 12.1 Å². The molecule has 0 aromatic heterocycles. The van der Waals surface area contributed by atoms with E-state index in [0.717, 1.165) is 37.4 Å². The summed E-state index contributed by atoms with van der Waals surface area (Å²) in [6.07, 6.45) is 3.11. The summed E-state index contributed by atoms with van der Waals surface area (Å²) in [4.78, 5) is 2.35. The number of piperidine rings is 1. The lowest BCUT2D eigenvalue weighted by Gasteiger charge is -2.38. The lowest BCUT2D eigenvalue weighted by Crippen LogP contribution is -2.50. The van der Waals surface area contributed by atoms with Crippen LogP contribution in [0.25, 0.3) is 0 Å². The molecule has 17 heavy (non-hydrogen) atoms. The SMILES string of the molecule is Cc1cc(Cl)ccc1CC1(N)CCN(C)CC1. The first kappa shape index (κ1) is 12.9. The predicted molar refractivity (Wildman–Crippen MR) is 73.5 cm³/mol. The van der Waals surface area contributed by atoms with Crippen LogP contribution in [0.2, 0.25) is 5.02 Å². The molecule has 1 aromatic carbocycles. The summed E-state index contributed by atoms with van der Waals surface area (Å²) in [5.41, 5.74) is 9.05. The molecule has 0 atom stereocenters. The second-order valence-corrected chi connectivity index (χ2v) is 5.85. The van der Waals surface area contributed by atoms with E-state index in [9.17, 15) is 0 Å². The average molecular weight is 253 g/mol. The third-order valence-electron chi connectivity index (χ3n) is 3.83. The molecule has 2 rings (SSSR count). The number of rotatable bonds is 2. The summed E-state index contributed by atoms with van der Waals surface area (Å²) < 4.78 is 0. The van der Waals surface area contributed by atoms with E-state index in [1.54, 1.807) is 0 Å². The van der Waals surface area contributed by atoms with E-state index in [-0.39, 0.29) is 5.54 Å². The van der Waals surface area contributed by atoms with Crippen molar-refractivity contribution < 1.29 is 0 Å². The van der Waals surface area contributed by atoms with E-state index in [4.69, 9.17) is 17.3 Å². The Balaban J connectivity index is 2.09. The fourth-order valence-corrected chi connectivity index (χ4v) is 2.70. The topological polar surface area (TPSA) is 29.3 Å². The van der Waals surface area contributed by atoms with Gasteiger partial charge in [0.1, 0.15) is 0 Å². The first-order valence-electron chi connectivity index (χ1n) is 6.21. The van der Waals surface area contributed by atoms with Crippen LogP contribution in [-0.4, -0.2) is 30.6 Å². The zero-order chi connectivity index (χ0) is 12.5. The Kier molecular flexibility index (Phi) is 3.76. The van der Waals surface area contributed by atoms with Crippen molar-refractivity contribution in [1.82, 2.24) is 4.90 Å². The molecular formula is C14H21ClN2. The zero-order valence-corrected chi connectivity index (χ0v) is 11.4. The van der Waals surface area contributed by atoms with Crippen molar-refractivity contribution in [1.29, 1.82) is 0 Å². The second-order valence-electron chi connectivity index (χ2n) is 5.41. The van der Waals surface area contributed by atoms with Gasteiger partial charge in [-0.15, -0.1) is 0 Å². The zero-order valence-electron chi connectivity index (χ0n) is 10.7. The highest BCUT2D eigenvalue weighted by molar-refractivity contribution is 6.30. The number of halogens is 1. The smallest absolute Gasteiger partial charge is 0.0408 e. The predicted octanol–water partition coefficient (Wildman–Crippen LogP) is 2.61. The number of nitrogens with two attached hydrogens (primary N) is 1. The lowest BCUT2D eigenvalue weighted by atomic mass is 9.82. The Labute approximate surface area is 109 Å². The van der Waals surface area contributed by atoms with Crippen molar-refractivity contribution in [3.05, 3.63) is 34.3 Å². The molecular weight excluding hydrogens is 232 g/mol. The molecule has 1 aromatic rings. The summed E-state index contributed by atoms with van der Waals surface area (Å²) in [5.74, 6) is 0. The molecule has 3 heteroatoms. The van der Waals surface area contributed by atoms with Gasteiger partial charge in [0.25, 0.3) is 0 Å². The molecule has 1 saturated heterocycles. The normalized spacial score (nSPS) is 20.5. The highest BCUT2D eigenvalue weighted by Gasteiger charge is 2.29. The van der Waals surface area contributed by atoms with E-state index in [1.165, 1.54) is 11.1 Å². The molecule has 0 bridgehead atoms. The van der Waals surface area contributed by atoms with Crippen molar-refractivity contribution in [2.45, 2.75) is 31.7 Å². The second kappa shape index (κ2) is 4.97. The van der Waals surface area contributed by atoms with Crippen LogP contribution in [-0.2, 0) is 6.42 Å². The molecule has 1 fully saturated rings. The molecule has 2 N–H and O–H groups in total. The van der Waals surface area contributed by atoms with Crippen molar-refractivity contribution in [3.63, 3.8) is 0 Å². The number of aryl methyl sites for hydroxylation is 1. The summed E-state index contributed by atoms with van der Waals surface area (Å²) in [6, 6.07) is 6.10. The third kappa shape index (κ3) is 3.21. The fourth-order valence-electron chi connectivity index (χ4n) is 2.48. The first-order chi connectivity index (χ1) is 7.98. The van der Waals surface area contributed by atoms with Crippen LogP contribution in [0.1, 0.15) is 24.0 Å². The van der Waals surface area contributed by atoms with Crippen molar-refractivity contribution >= 4 is 11.6 Å². The van der Waals surface area contributed by atoms with Gasteiger partial charge in [0.15, 0.2) is 0 Å². The minimum atomic E-state index is -0.0366. The van der Waals surface area contributed by atoms with Gasteiger partial charge in [0.05, 0.1) is 0 Å². The van der Waals surface area contributed by atoms with Crippen molar-refractivity contribution in [2.75, 3.05) is 20.1 Å². The third-order valence-corrected chi connectivity index (χ3v) is 4.07. The molecule has 0 aliphatic carbocycles. The Morgan fingerprint density at radius 1 is 1.35 bits per heavy atom. The van der Waals surface area contributed by atoms with Crippen LogP contribution in [0, 0.1) is 6.92 Å². The van der Waals surface area contributed by atoms with Gasteiger partial charge in [0, 0.05) is 10.6 Å². The quantitative estimate of drug-likeness (QED) is 0.877. The van der Waals surface area contributed by atoms with Crippen LogP contribution < -0.4 is 5.73 Å². The van der Waals surface area contributed by atoms with Gasteiger partial charge in [-0.2, -0.15) is 0 Å². The summed E-state index contributed by atoms with van der Waals surface area (Å²) in [6.45, 7) is 4.31. The van der Waals surface area contributed by atoms with Gasteiger partial charge >= 0.3 is 0 Å². The molecule has 0 radical (unpaired) electrons. The Bertz CT molecular complexity index is 395. The van der Waals surface area contributed by atoms with Gasteiger partial charge in [0.2, 0.25) is 0 Å². The Morgan fingerprint density at radius 2 is 2.00 bits per heavy atom. The van der Waals surface area contributed by atoms with Gasteiger partial charge in [-0.05, 0) is 69.6 Å². The largest absolute Gasteiger partial charge is 0.325 e. The standard InChI is InChI=1S/C14H21ClN2/c1-11-9-13(15)4-3-12(11)10-14(16)5-7-17(2)8-6-14/h3-4,9H,5-8,10,16H2,1-2H3. The number of likely N-dealkylation sites (tertiary alicyclic amines) is 1. The lowest BCUT2D eigenvalue weighted by molar-refractivity contribution is 0.190. The van der Waals surface area contributed by atoms with Gasteiger partial charge < -0.3 is 10.6 Å². The Hall–Kier alpha value is -0.570. The molecule has 1 heterocycles. The van der Waals surface area contributed by atoms with E-state index >= 15 is 0 Å². The molecule has 2 nitrogen and oxygen atoms in total. The molecule has 0 spiro atoms. The number of nitrogens with zero attached hydrogens (tertiary/aromatic N) is 1. The average Bonchev–Trinajstić information content (AvgIpc) is 2.27. The first-order valence-corrected chi connectivity index (χ1v) is 6.59. The number of hydrogen-bond donors (Lipinski definition) is 1. The van der Waals surface area contributed by atoms with Crippen LogP contribution in [0.4, 0.5) is 0 Å². The van der Waals surface area contributed by atoms with Crippen LogP contribution in [0.3, 0.4) is 0 Å². The maximum atomic E-state index is 6.50. The van der Waals surface area contributed by atoms with E-state index in [0.29, 0.717) is 0 Å². The van der Waals surface area contributed by atoms with Gasteiger partial charge in [-0.25, -0.2) is 0 Å². The monoisotopic (exact) mass is 252 g/mol. The highest BCUT2D eigenvalue weighted by Crippen LogP contribution is 2.26. The number of benzene rings is 1. The molecule has 1 aliphatic rings. The van der Waals surface area contributed by atoms with Gasteiger partial charge in [-0.3, -0.25) is 0 Å². The maximum Gasteiger partial charge on any atom is 0.0408 e.